The van der Waals surface area contributed by atoms with Gasteiger partial charge in [0, 0.05) is 0 Å². The minimum Gasteiger partial charge on any atom is -0.367 e. The van der Waals surface area contributed by atoms with Crippen LogP contribution in [0.3, 0.4) is 0 Å². The van der Waals surface area contributed by atoms with E-state index < -0.39 is 0 Å². The summed E-state index contributed by atoms with van der Waals surface area (Å²) in [4.78, 5) is 0. The second-order valence-electron chi connectivity index (χ2n) is 10.4. The molecule has 31 heavy (non-hydrogen) atoms. The summed E-state index contributed by atoms with van der Waals surface area (Å²) in [5.74, 6) is 0. The molecular formula is C30H50O. The van der Waals surface area contributed by atoms with Crippen molar-refractivity contribution >= 4 is 0 Å². The molecule has 0 N–H and O–H groups in total. The van der Waals surface area contributed by atoms with Crippen LogP contribution >= 0.6 is 0 Å². The summed E-state index contributed by atoms with van der Waals surface area (Å²) < 4.78 is 5.68. The van der Waals surface area contributed by atoms with Crippen LogP contribution in [0.2, 0.25) is 0 Å². The Hall–Kier alpha value is -1.34. The summed E-state index contributed by atoms with van der Waals surface area (Å²) in [6.45, 7) is 17.8. The number of unbranched alkanes of at least 4 members (excludes halogenated alkanes) is 1. The van der Waals surface area contributed by atoms with Gasteiger partial charge in [-0.15, -0.1) is 0 Å². The molecule has 1 rings (SSSR count). The van der Waals surface area contributed by atoms with E-state index >= 15 is 0 Å². The Morgan fingerprint density at radius 2 is 0.935 bits per heavy atom. The first-order valence-corrected chi connectivity index (χ1v) is 12.5. The van der Waals surface area contributed by atoms with Crippen LogP contribution < -0.4 is 0 Å². The molecule has 0 saturated carbocycles. The molecule has 0 aromatic rings. The molecule has 1 aliphatic heterocycles. The van der Waals surface area contributed by atoms with E-state index in [1.807, 2.05) is 0 Å². The van der Waals surface area contributed by atoms with Gasteiger partial charge in [0.1, 0.15) is 0 Å². The Balaban J connectivity index is 2.15. The predicted molar refractivity (Wildman–Crippen MR) is 140 cm³/mol. The molecule has 1 aliphatic rings. The lowest BCUT2D eigenvalue weighted by molar-refractivity contribution is 0.320. The number of hydrogen-bond donors (Lipinski definition) is 0. The fourth-order valence-corrected chi connectivity index (χ4v) is 3.85. The third kappa shape index (κ3) is 14.4. The Morgan fingerprint density at radius 3 is 1.32 bits per heavy atom. The highest BCUT2D eigenvalue weighted by molar-refractivity contribution is 5.08. The molecule has 0 aromatic heterocycles. The Morgan fingerprint density at radius 1 is 0.581 bits per heavy atom. The number of ether oxygens (including phenoxy) is 1. The predicted octanol–water partition coefficient (Wildman–Crippen LogP) is 9.82. The first kappa shape index (κ1) is 27.7. The highest BCUT2D eigenvalue weighted by Gasteiger charge is 2.46. The maximum Gasteiger partial charge on any atom is 0.0892 e. The van der Waals surface area contributed by atoms with Gasteiger partial charge in [-0.1, -0.05) is 58.2 Å². The van der Waals surface area contributed by atoms with Gasteiger partial charge in [-0.05, 0) is 120 Å². The third-order valence-corrected chi connectivity index (χ3v) is 6.27. The third-order valence-electron chi connectivity index (χ3n) is 6.27. The Labute approximate surface area is 194 Å². The summed E-state index contributed by atoms with van der Waals surface area (Å²) in [6, 6.07) is 0. The van der Waals surface area contributed by atoms with Gasteiger partial charge in [-0.3, -0.25) is 0 Å². The van der Waals surface area contributed by atoms with Crippen LogP contribution in [0.5, 0.6) is 0 Å². The summed E-state index contributed by atoms with van der Waals surface area (Å²) in [5, 5.41) is 0. The van der Waals surface area contributed by atoms with E-state index in [1.54, 1.807) is 0 Å². The molecule has 176 valence electrons. The summed E-state index contributed by atoms with van der Waals surface area (Å²) in [7, 11) is 0. The molecule has 0 amide bonds. The van der Waals surface area contributed by atoms with Crippen molar-refractivity contribution in [3.63, 3.8) is 0 Å². The summed E-state index contributed by atoms with van der Waals surface area (Å²) in [6.07, 6.45) is 24.3. The van der Waals surface area contributed by atoms with E-state index in [9.17, 15) is 0 Å². The molecule has 0 spiro atoms. The van der Waals surface area contributed by atoms with E-state index in [2.05, 4.69) is 85.8 Å². The standard InChI is InChI=1S/C30H50O/c1-24(2)14-11-17-27(5)20-12-18-25(3)15-9-10-16-26(4)19-13-21-28(6)22-23-29-30(7,8)31-29/h14-16,20-21,29H,9-13,17-19,22-23H2,1-8H3/t29-/m0/s1. The number of epoxide rings is 1. The molecule has 1 nitrogen and oxygen atoms in total. The van der Waals surface area contributed by atoms with Crippen LogP contribution in [0.4, 0.5) is 0 Å². The van der Waals surface area contributed by atoms with Crippen LogP contribution in [-0.2, 0) is 4.74 Å². The first-order chi connectivity index (χ1) is 14.6. The zero-order valence-electron chi connectivity index (χ0n) is 21.9. The van der Waals surface area contributed by atoms with Gasteiger partial charge in [0.2, 0.25) is 0 Å². The quantitative estimate of drug-likeness (QED) is 0.144. The fraction of sp³-hybridized carbons (Fsp3) is 0.667. The average molecular weight is 427 g/mol. The van der Waals surface area contributed by atoms with E-state index in [0.717, 1.165) is 12.8 Å². The average Bonchev–Trinajstić information content (AvgIpc) is 3.30. The first-order valence-electron chi connectivity index (χ1n) is 12.5. The second kappa shape index (κ2) is 14.7. The smallest absolute Gasteiger partial charge is 0.0892 e. The largest absolute Gasteiger partial charge is 0.367 e. The molecule has 0 aliphatic carbocycles. The maximum absolute atomic E-state index is 5.68. The van der Waals surface area contributed by atoms with Crippen molar-refractivity contribution in [2.45, 2.75) is 131 Å². The van der Waals surface area contributed by atoms with Crippen molar-refractivity contribution in [3.8, 4) is 0 Å². The fourth-order valence-electron chi connectivity index (χ4n) is 3.85. The van der Waals surface area contributed by atoms with Crippen molar-refractivity contribution < 1.29 is 4.74 Å². The molecule has 0 bridgehead atoms. The van der Waals surface area contributed by atoms with Crippen LogP contribution in [0.25, 0.3) is 0 Å². The van der Waals surface area contributed by atoms with Gasteiger partial charge < -0.3 is 4.74 Å². The molecular weight excluding hydrogens is 376 g/mol. The Kier molecular flexibility index (Phi) is 13.1. The van der Waals surface area contributed by atoms with Gasteiger partial charge in [-0.25, -0.2) is 0 Å². The lowest BCUT2D eigenvalue weighted by atomic mass is 10.0. The van der Waals surface area contributed by atoms with Crippen molar-refractivity contribution in [2.24, 2.45) is 0 Å². The lowest BCUT2D eigenvalue weighted by Gasteiger charge is -2.03. The van der Waals surface area contributed by atoms with Gasteiger partial charge >= 0.3 is 0 Å². The highest BCUT2D eigenvalue weighted by Crippen LogP contribution is 2.38. The zero-order chi connectivity index (χ0) is 23.3. The van der Waals surface area contributed by atoms with Crippen molar-refractivity contribution in [3.05, 3.63) is 58.2 Å². The van der Waals surface area contributed by atoms with Crippen molar-refractivity contribution in [1.29, 1.82) is 0 Å². The normalized spacial score (nSPS) is 19.5. The monoisotopic (exact) mass is 426 g/mol. The summed E-state index contributed by atoms with van der Waals surface area (Å²) in [5.41, 5.74) is 7.65. The van der Waals surface area contributed by atoms with E-state index in [-0.39, 0.29) is 5.60 Å². The molecule has 1 atom stereocenters. The lowest BCUT2D eigenvalue weighted by Crippen LogP contribution is -2.02. The molecule has 1 heteroatoms. The molecule has 1 saturated heterocycles. The number of hydrogen-bond acceptors (Lipinski definition) is 1. The molecule has 1 heterocycles. The number of allylic oxidation sites excluding steroid dienone is 10. The van der Waals surface area contributed by atoms with Gasteiger partial charge in [0.05, 0.1) is 11.7 Å². The topological polar surface area (TPSA) is 12.5 Å². The van der Waals surface area contributed by atoms with Crippen LogP contribution in [-0.4, -0.2) is 11.7 Å². The molecule has 0 aromatic carbocycles. The van der Waals surface area contributed by atoms with E-state index in [0.29, 0.717) is 6.10 Å². The molecule has 0 unspecified atom stereocenters. The van der Waals surface area contributed by atoms with E-state index in [4.69, 9.17) is 4.74 Å². The SMILES string of the molecule is CC(C)=CCCC(C)=CCCC(C)=CCCC=C(C)CCC=C(C)CC[C@@H]1OC1(C)C. The van der Waals surface area contributed by atoms with Gasteiger partial charge in [0.25, 0.3) is 0 Å². The van der Waals surface area contributed by atoms with E-state index in [1.165, 1.54) is 79.2 Å². The van der Waals surface area contributed by atoms with Gasteiger partial charge in [-0.2, -0.15) is 0 Å². The zero-order valence-corrected chi connectivity index (χ0v) is 21.9. The van der Waals surface area contributed by atoms with Crippen molar-refractivity contribution in [2.75, 3.05) is 0 Å². The minimum atomic E-state index is 0.132. The summed E-state index contributed by atoms with van der Waals surface area (Å²) >= 11 is 0. The van der Waals surface area contributed by atoms with Crippen molar-refractivity contribution in [1.82, 2.24) is 0 Å². The van der Waals surface area contributed by atoms with Gasteiger partial charge in [0.15, 0.2) is 0 Å². The minimum absolute atomic E-state index is 0.132. The molecule has 0 radical (unpaired) electrons. The Bertz CT molecular complexity index is 677. The van der Waals surface area contributed by atoms with Crippen LogP contribution in [0, 0.1) is 0 Å². The maximum atomic E-state index is 5.68. The highest BCUT2D eigenvalue weighted by atomic mass is 16.6. The van der Waals surface area contributed by atoms with Crippen LogP contribution in [0.15, 0.2) is 58.2 Å². The second-order valence-corrected chi connectivity index (χ2v) is 10.4. The van der Waals surface area contributed by atoms with Crippen LogP contribution in [0.1, 0.15) is 120 Å². The molecule has 1 fully saturated rings. The number of rotatable bonds is 15.